The molecule has 12 aromatic carbocycles. The van der Waals surface area contributed by atoms with Crippen LogP contribution in [0.1, 0.15) is 134 Å². The molecule has 97 heavy (non-hydrogen) atoms. The van der Waals surface area contributed by atoms with Crippen molar-refractivity contribution in [3.63, 3.8) is 0 Å². The van der Waals surface area contributed by atoms with Crippen molar-refractivity contribution in [3.8, 4) is 144 Å². The standard InChI is InChI=1S/C97H52/c1-5-73-9-17-77(18-10-73)25-29-81-33-41-85(42-34-81)49-53-89-57-65-93(66-58-89)97(94-67-59-90(60-68-94)54-50-86-43-35-82(36-44-86)30-26-78-19-11-74(6-2)12-20-78,95-69-61-91(62-70-95)55-51-87-45-37-83(38-46-87)31-27-79-21-13-75(7-3)14-22-79)96-71-63-92(64-72-96)56-52-88-47-39-84(40-48-88)32-28-80-23-15-76(8-4)16-24-80/h1-4,9-24,33-48,57-72H. The Bertz CT molecular complexity index is 4890. The second kappa shape index (κ2) is 30.4. The first-order valence-corrected chi connectivity index (χ1v) is 31.0. The number of benzene rings is 12. The zero-order chi connectivity index (χ0) is 66.4. The molecule has 0 atom stereocenters. The highest BCUT2D eigenvalue weighted by Gasteiger charge is 2.38. The molecule has 0 aliphatic heterocycles. The Kier molecular flexibility index (Phi) is 19.6. The summed E-state index contributed by atoms with van der Waals surface area (Å²) in [5.74, 6) is 63.7. The van der Waals surface area contributed by atoms with Crippen molar-refractivity contribution in [2.45, 2.75) is 5.41 Å². The summed E-state index contributed by atoms with van der Waals surface area (Å²) in [4.78, 5) is 0. The molecular weight excluding hydrogens is 1170 g/mol. The molecule has 12 aromatic rings. The van der Waals surface area contributed by atoms with Crippen LogP contribution in [0.4, 0.5) is 0 Å². The van der Waals surface area contributed by atoms with Crippen LogP contribution in [0, 0.1) is 144 Å². The van der Waals surface area contributed by atoms with Crippen molar-refractivity contribution in [2.75, 3.05) is 0 Å². The molecule has 0 N–H and O–H groups in total. The Balaban J connectivity index is 0.886. The molecule has 0 heteroatoms. The molecule has 0 fully saturated rings. The van der Waals surface area contributed by atoms with Gasteiger partial charge in [0.25, 0.3) is 0 Å². The summed E-state index contributed by atoms with van der Waals surface area (Å²) in [6, 6.07) is 96.7. The van der Waals surface area contributed by atoms with E-state index in [-0.39, 0.29) is 0 Å². The highest BCUT2D eigenvalue weighted by atomic mass is 14.4. The zero-order valence-electron chi connectivity index (χ0n) is 52.5. The first-order valence-electron chi connectivity index (χ1n) is 31.0. The first kappa shape index (κ1) is 62.5. The molecule has 0 aliphatic carbocycles. The summed E-state index contributed by atoms with van der Waals surface area (Å²) in [6.07, 6.45) is 22.2. The van der Waals surface area contributed by atoms with Crippen LogP contribution in [0.3, 0.4) is 0 Å². The van der Waals surface area contributed by atoms with E-state index in [4.69, 9.17) is 25.7 Å². The molecule has 0 amide bonds. The van der Waals surface area contributed by atoms with Gasteiger partial charge in [-0.1, -0.05) is 167 Å². The average Bonchev–Trinajstić information content (AvgIpc) is 0.735. The third-order valence-electron chi connectivity index (χ3n) is 15.8. The maximum absolute atomic E-state index is 5.55. The fourth-order valence-corrected chi connectivity index (χ4v) is 10.5. The van der Waals surface area contributed by atoms with Crippen molar-refractivity contribution in [1.82, 2.24) is 0 Å². The van der Waals surface area contributed by atoms with Gasteiger partial charge in [-0.3, -0.25) is 0 Å². The monoisotopic (exact) mass is 1220 g/mol. The van der Waals surface area contributed by atoms with Crippen molar-refractivity contribution >= 4 is 0 Å². The van der Waals surface area contributed by atoms with Gasteiger partial charge in [0, 0.05) is 111 Å². The maximum Gasteiger partial charge on any atom is 0.0701 e. The first-order chi connectivity index (χ1) is 47.7. The van der Waals surface area contributed by atoms with Gasteiger partial charge in [0.2, 0.25) is 0 Å². The van der Waals surface area contributed by atoms with Gasteiger partial charge in [-0.2, -0.15) is 0 Å². The molecular formula is C97H52. The van der Waals surface area contributed by atoms with Crippen molar-refractivity contribution in [3.05, 3.63) is 425 Å². The Labute approximate surface area is 570 Å². The van der Waals surface area contributed by atoms with E-state index in [1.54, 1.807) is 0 Å². The minimum atomic E-state index is -0.864. The Morgan fingerprint density at radius 3 is 0.299 bits per heavy atom. The lowest BCUT2D eigenvalue weighted by atomic mass is 9.65. The minimum Gasteiger partial charge on any atom is -0.115 e. The van der Waals surface area contributed by atoms with Gasteiger partial charge >= 0.3 is 0 Å². The Morgan fingerprint density at radius 2 is 0.206 bits per heavy atom. The summed E-state index contributed by atoms with van der Waals surface area (Å²) in [6.45, 7) is 0. The van der Waals surface area contributed by atoms with Crippen molar-refractivity contribution < 1.29 is 0 Å². The molecule has 0 saturated heterocycles. The van der Waals surface area contributed by atoms with Gasteiger partial charge < -0.3 is 0 Å². The minimum absolute atomic E-state index is 0.821. The number of hydrogen-bond donors (Lipinski definition) is 0. The van der Waals surface area contributed by atoms with Crippen LogP contribution in [0.5, 0.6) is 0 Å². The molecule has 12 rings (SSSR count). The van der Waals surface area contributed by atoms with E-state index in [2.05, 4.69) is 215 Å². The van der Waals surface area contributed by atoms with Gasteiger partial charge in [0.1, 0.15) is 0 Å². The van der Waals surface area contributed by atoms with Gasteiger partial charge in [-0.15, -0.1) is 25.7 Å². The van der Waals surface area contributed by atoms with Gasteiger partial charge in [-0.25, -0.2) is 0 Å². The summed E-state index contributed by atoms with van der Waals surface area (Å²) >= 11 is 0. The summed E-state index contributed by atoms with van der Waals surface area (Å²) in [5.41, 5.74) is 20.6. The van der Waals surface area contributed by atoms with Crippen molar-refractivity contribution in [2.24, 2.45) is 0 Å². The summed E-state index contributed by atoms with van der Waals surface area (Å²) in [7, 11) is 0. The SMILES string of the molecule is C#Cc1ccc(C#Cc2ccc(C#Cc3ccc(C(c4ccc(C#Cc5ccc(C#Cc6ccc(C#C)cc6)cc5)cc4)(c4ccc(C#Cc5ccc(C#Cc6ccc(C#C)cc6)cc5)cc4)c4ccc(C#Cc5ccc(C#Cc6ccc(C#C)cc6)cc5)cc4)cc3)cc2)cc1. The normalized spacial score (nSPS) is 9.77. The van der Waals surface area contributed by atoms with E-state index in [0.29, 0.717) is 0 Å². The van der Waals surface area contributed by atoms with Gasteiger partial charge in [-0.05, 0) is 265 Å². The van der Waals surface area contributed by atoms with Crippen LogP contribution in [0.2, 0.25) is 0 Å². The molecule has 0 heterocycles. The molecule has 440 valence electrons. The number of rotatable bonds is 4. The van der Waals surface area contributed by atoms with Crippen LogP contribution in [0.15, 0.2) is 291 Å². The largest absolute Gasteiger partial charge is 0.115 e. The average molecular weight is 1220 g/mol. The topological polar surface area (TPSA) is 0 Å². The summed E-state index contributed by atoms with van der Waals surface area (Å²) < 4.78 is 0. The van der Waals surface area contributed by atoms with Crippen LogP contribution in [0.25, 0.3) is 0 Å². The predicted molar refractivity (Wildman–Crippen MR) is 396 cm³/mol. The predicted octanol–water partition coefficient (Wildman–Crippen LogP) is 17.2. The number of hydrogen-bond acceptors (Lipinski definition) is 0. The van der Waals surface area contributed by atoms with Crippen LogP contribution >= 0.6 is 0 Å². The molecule has 0 bridgehead atoms. The molecule has 0 unspecified atom stereocenters. The van der Waals surface area contributed by atoms with E-state index in [1.165, 1.54) is 0 Å². The summed E-state index contributed by atoms with van der Waals surface area (Å²) in [5, 5.41) is 0. The maximum atomic E-state index is 5.55. The fourth-order valence-electron chi connectivity index (χ4n) is 10.5. The fraction of sp³-hybridized carbons (Fsp3) is 0.0103. The van der Waals surface area contributed by atoms with E-state index < -0.39 is 5.41 Å². The molecule has 0 spiro atoms. The van der Waals surface area contributed by atoms with Crippen LogP contribution < -0.4 is 0 Å². The zero-order valence-corrected chi connectivity index (χ0v) is 52.5. The lowest BCUT2D eigenvalue weighted by Crippen LogP contribution is -2.31. The third kappa shape index (κ3) is 16.3. The molecule has 0 aromatic heterocycles. The quantitative estimate of drug-likeness (QED) is 0.122. The third-order valence-corrected chi connectivity index (χ3v) is 15.8. The van der Waals surface area contributed by atoms with Crippen molar-refractivity contribution in [1.29, 1.82) is 0 Å². The second-order valence-electron chi connectivity index (χ2n) is 22.3. The lowest BCUT2D eigenvalue weighted by molar-refractivity contribution is 0.744. The van der Waals surface area contributed by atoms with Crippen LogP contribution in [-0.4, -0.2) is 0 Å². The Hall–Kier alpha value is -14.6. The lowest BCUT2D eigenvalue weighted by Gasteiger charge is -2.37. The smallest absolute Gasteiger partial charge is 0.0701 e. The highest BCUT2D eigenvalue weighted by molar-refractivity contribution is 5.64. The van der Waals surface area contributed by atoms with E-state index in [0.717, 1.165) is 134 Å². The van der Waals surface area contributed by atoms with Crippen LogP contribution in [-0.2, 0) is 5.41 Å². The van der Waals surface area contributed by atoms with E-state index in [9.17, 15) is 0 Å². The Morgan fingerprint density at radius 1 is 0.124 bits per heavy atom. The second-order valence-corrected chi connectivity index (χ2v) is 22.3. The molecule has 0 nitrogen and oxygen atoms in total. The van der Waals surface area contributed by atoms with E-state index in [1.807, 2.05) is 194 Å². The van der Waals surface area contributed by atoms with Gasteiger partial charge in [0.05, 0.1) is 5.41 Å². The molecule has 0 radical (unpaired) electrons. The molecule has 0 saturated carbocycles. The van der Waals surface area contributed by atoms with Gasteiger partial charge in [0.15, 0.2) is 0 Å². The molecule has 0 aliphatic rings. The van der Waals surface area contributed by atoms with E-state index >= 15 is 0 Å². The number of terminal acetylenes is 4. The highest BCUT2D eigenvalue weighted by Crippen LogP contribution is 2.45.